The maximum Gasteiger partial charge on any atom is 0.185 e. The van der Waals surface area contributed by atoms with Crippen LogP contribution in [0, 0.1) is 5.82 Å². The first kappa shape index (κ1) is 14.1. The number of halogens is 1. The Morgan fingerprint density at radius 3 is 2.47 bits per heavy atom. The topological polar surface area (TPSA) is 33.2 Å². The van der Waals surface area contributed by atoms with Crippen molar-refractivity contribution in [3.8, 4) is 0 Å². The van der Waals surface area contributed by atoms with E-state index in [1.807, 2.05) is 13.8 Å². The molecular formula is C15H21FN2O. The van der Waals surface area contributed by atoms with Crippen LogP contribution in [0.15, 0.2) is 18.5 Å². The van der Waals surface area contributed by atoms with Gasteiger partial charge in [-0.05, 0) is 45.8 Å². The number of carbonyl (C=O) groups is 1. The summed E-state index contributed by atoms with van der Waals surface area (Å²) in [7, 11) is 0. The second-order valence-electron chi connectivity index (χ2n) is 5.64. The molecule has 1 saturated heterocycles. The van der Waals surface area contributed by atoms with Gasteiger partial charge in [-0.2, -0.15) is 0 Å². The van der Waals surface area contributed by atoms with E-state index < -0.39 is 11.4 Å². The van der Waals surface area contributed by atoms with Gasteiger partial charge in [0.25, 0.3) is 0 Å². The van der Waals surface area contributed by atoms with Crippen molar-refractivity contribution in [2.24, 2.45) is 0 Å². The molecule has 1 aliphatic heterocycles. The predicted molar refractivity (Wildman–Crippen MR) is 72.6 cm³/mol. The van der Waals surface area contributed by atoms with Gasteiger partial charge >= 0.3 is 0 Å². The maximum absolute atomic E-state index is 13.7. The number of Topliss-reactive ketones (excluding diaryl/α,β-unsaturated/α-hetero) is 1. The molecule has 1 aromatic heterocycles. The Labute approximate surface area is 113 Å². The highest BCUT2D eigenvalue weighted by atomic mass is 19.1. The Balaban J connectivity index is 2.23. The zero-order valence-electron chi connectivity index (χ0n) is 11.7. The summed E-state index contributed by atoms with van der Waals surface area (Å²) in [6, 6.07) is 1.47. The summed E-state index contributed by atoms with van der Waals surface area (Å²) >= 11 is 0. The number of likely N-dealkylation sites (tertiary alicyclic amines) is 1. The Hall–Kier alpha value is -1.29. The molecule has 104 valence electrons. The number of hydrogen-bond donors (Lipinski definition) is 0. The fraction of sp³-hybridized carbons (Fsp3) is 0.600. The van der Waals surface area contributed by atoms with Crippen LogP contribution in [0.5, 0.6) is 0 Å². The van der Waals surface area contributed by atoms with E-state index in [9.17, 15) is 9.18 Å². The standard InChI is InChI=1S/C15H21FN2O/c1-15(2,18-9-5-3-4-6-10-18)14(19)12-7-8-17-11-13(12)16/h7-8,11H,3-6,9-10H2,1-2H3. The number of nitrogens with zero attached hydrogens (tertiary/aromatic N) is 2. The van der Waals surface area contributed by atoms with Gasteiger partial charge in [0.1, 0.15) is 0 Å². The molecule has 1 fully saturated rings. The van der Waals surface area contributed by atoms with Crippen LogP contribution in [0.25, 0.3) is 0 Å². The molecule has 0 bridgehead atoms. The first-order valence-electron chi connectivity index (χ1n) is 6.93. The fourth-order valence-corrected chi connectivity index (χ4v) is 2.66. The fourth-order valence-electron chi connectivity index (χ4n) is 2.66. The van der Waals surface area contributed by atoms with Crippen LogP contribution >= 0.6 is 0 Å². The van der Waals surface area contributed by atoms with E-state index in [1.54, 1.807) is 0 Å². The molecule has 0 atom stereocenters. The number of aromatic nitrogens is 1. The maximum atomic E-state index is 13.7. The zero-order chi connectivity index (χ0) is 13.9. The highest BCUT2D eigenvalue weighted by molar-refractivity contribution is 6.02. The Morgan fingerprint density at radius 2 is 1.89 bits per heavy atom. The zero-order valence-corrected chi connectivity index (χ0v) is 11.7. The molecule has 0 saturated carbocycles. The number of carbonyl (C=O) groups excluding carboxylic acids is 1. The number of pyridine rings is 1. The van der Waals surface area contributed by atoms with Gasteiger partial charge in [-0.3, -0.25) is 14.7 Å². The molecule has 0 spiro atoms. The third-order valence-corrected chi connectivity index (χ3v) is 3.97. The van der Waals surface area contributed by atoms with Gasteiger partial charge in [0.05, 0.1) is 17.3 Å². The lowest BCUT2D eigenvalue weighted by molar-refractivity contribution is 0.0645. The highest BCUT2D eigenvalue weighted by Gasteiger charge is 2.36. The van der Waals surface area contributed by atoms with Gasteiger partial charge < -0.3 is 0 Å². The van der Waals surface area contributed by atoms with Crippen molar-refractivity contribution in [2.45, 2.75) is 45.1 Å². The van der Waals surface area contributed by atoms with Gasteiger partial charge in [0.15, 0.2) is 11.6 Å². The molecule has 3 nitrogen and oxygen atoms in total. The summed E-state index contributed by atoms with van der Waals surface area (Å²) in [4.78, 5) is 18.5. The quantitative estimate of drug-likeness (QED) is 0.787. The molecular weight excluding hydrogens is 243 g/mol. The molecule has 0 aliphatic carbocycles. The Bertz CT molecular complexity index is 451. The van der Waals surface area contributed by atoms with E-state index in [4.69, 9.17) is 0 Å². The first-order chi connectivity index (χ1) is 9.03. The molecule has 2 rings (SSSR count). The second kappa shape index (κ2) is 5.78. The second-order valence-corrected chi connectivity index (χ2v) is 5.64. The van der Waals surface area contributed by atoms with Gasteiger partial charge in [0.2, 0.25) is 0 Å². The molecule has 1 aliphatic rings. The van der Waals surface area contributed by atoms with Crippen molar-refractivity contribution >= 4 is 5.78 Å². The molecule has 19 heavy (non-hydrogen) atoms. The minimum absolute atomic E-state index is 0.143. The molecule has 4 heteroatoms. The third kappa shape index (κ3) is 3.00. The van der Waals surface area contributed by atoms with Crippen molar-refractivity contribution in [1.29, 1.82) is 0 Å². The third-order valence-electron chi connectivity index (χ3n) is 3.97. The summed E-state index contributed by atoms with van der Waals surface area (Å²) < 4.78 is 13.7. The molecule has 0 aromatic carbocycles. The van der Waals surface area contributed by atoms with E-state index in [1.165, 1.54) is 25.1 Å². The summed E-state index contributed by atoms with van der Waals surface area (Å²) in [5.74, 6) is -0.690. The van der Waals surface area contributed by atoms with E-state index in [-0.39, 0.29) is 11.3 Å². The lowest BCUT2D eigenvalue weighted by Crippen LogP contribution is -2.50. The van der Waals surface area contributed by atoms with Crippen LogP contribution in [-0.2, 0) is 0 Å². The van der Waals surface area contributed by atoms with Crippen LogP contribution < -0.4 is 0 Å². The van der Waals surface area contributed by atoms with E-state index in [0.29, 0.717) is 0 Å². The Morgan fingerprint density at radius 1 is 1.26 bits per heavy atom. The normalized spacial score (nSPS) is 18.1. The van der Waals surface area contributed by atoms with Crippen molar-refractivity contribution in [3.63, 3.8) is 0 Å². The minimum Gasteiger partial charge on any atom is -0.292 e. The summed E-state index contributed by atoms with van der Waals surface area (Å²) in [5.41, 5.74) is -0.517. The smallest absolute Gasteiger partial charge is 0.185 e. The lowest BCUT2D eigenvalue weighted by Gasteiger charge is -2.36. The van der Waals surface area contributed by atoms with E-state index in [0.717, 1.165) is 32.1 Å². The lowest BCUT2D eigenvalue weighted by atomic mass is 9.91. The van der Waals surface area contributed by atoms with Gasteiger partial charge in [0, 0.05) is 6.20 Å². The molecule has 0 N–H and O–H groups in total. The summed E-state index contributed by atoms with van der Waals surface area (Å²) in [6.45, 7) is 5.60. The van der Waals surface area contributed by atoms with Gasteiger partial charge in [-0.1, -0.05) is 12.8 Å². The highest BCUT2D eigenvalue weighted by Crippen LogP contribution is 2.25. The van der Waals surface area contributed by atoms with Crippen molar-refractivity contribution < 1.29 is 9.18 Å². The molecule has 0 unspecified atom stereocenters. The van der Waals surface area contributed by atoms with Crippen LogP contribution in [0.4, 0.5) is 4.39 Å². The van der Waals surface area contributed by atoms with Crippen molar-refractivity contribution in [1.82, 2.24) is 9.88 Å². The Kier molecular flexibility index (Phi) is 4.30. The predicted octanol–water partition coefficient (Wildman–Crippen LogP) is 3.06. The summed E-state index contributed by atoms with van der Waals surface area (Å²) in [5, 5.41) is 0. The number of hydrogen-bond acceptors (Lipinski definition) is 3. The van der Waals surface area contributed by atoms with Gasteiger partial charge in [-0.15, -0.1) is 0 Å². The molecule has 0 radical (unpaired) electrons. The van der Waals surface area contributed by atoms with Crippen molar-refractivity contribution in [2.75, 3.05) is 13.1 Å². The van der Waals surface area contributed by atoms with Crippen LogP contribution in [0.1, 0.15) is 49.9 Å². The monoisotopic (exact) mass is 264 g/mol. The van der Waals surface area contributed by atoms with Crippen LogP contribution in [-0.4, -0.2) is 34.3 Å². The minimum atomic E-state index is -0.660. The van der Waals surface area contributed by atoms with Crippen molar-refractivity contribution in [3.05, 3.63) is 29.8 Å². The van der Waals surface area contributed by atoms with Crippen LogP contribution in [0.2, 0.25) is 0 Å². The SMILES string of the molecule is CC(C)(C(=O)c1ccncc1F)N1CCCCCC1. The van der Waals surface area contributed by atoms with Crippen LogP contribution in [0.3, 0.4) is 0 Å². The average Bonchev–Trinajstić information content (AvgIpc) is 2.67. The van der Waals surface area contributed by atoms with Gasteiger partial charge in [-0.25, -0.2) is 4.39 Å². The van der Waals surface area contributed by atoms with E-state index >= 15 is 0 Å². The molecule has 2 heterocycles. The molecule has 0 amide bonds. The molecule has 1 aromatic rings. The van der Waals surface area contributed by atoms with E-state index in [2.05, 4.69) is 9.88 Å². The number of ketones is 1. The largest absolute Gasteiger partial charge is 0.292 e. The first-order valence-corrected chi connectivity index (χ1v) is 6.93. The summed E-state index contributed by atoms with van der Waals surface area (Å²) in [6.07, 6.45) is 7.21. The number of rotatable bonds is 3. The average molecular weight is 264 g/mol.